The molecule has 0 aliphatic rings. The molecule has 1 amide bonds. The van der Waals surface area contributed by atoms with Crippen LogP contribution in [0.1, 0.15) is 18.9 Å². The van der Waals surface area contributed by atoms with E-state index in [4.69, 9.17) is 10.5 Å². The van der Waals surface area contributed by atoms with Gasteiger partial charge in [0.2, 0.25) is 5.91 Å². The van der Waals surface area contributed by atoms with Gasteiger partial charge in [-0.25, -0.2) is 0 Å². The molecular formula is C13H20N2O3. The molecule has 1 atom stereocenters. The van der Waals surface area contributed by atoms with E-state index < -0.39 is 11.4 Å². The number of nitrogens with two attached hydrogens (primary N) is 1. The number of hydrogen-bond acceptors (Lipinski definition) is 4. The molecule has 5 nitrogen and oxygen atoms in total. The van der Waals surface area contributed by atoms with Crippen molar-refractivity contribution in [3.8, 4) is 5.75 Å². The maximum Gasteiger partial charge on any atom is 0.242 e. The van der Waals surface area contributed by atoms with Crippen molar-refractivity contribution < 1.29 is 14.6 Å². The quantitative estimate of drug-likeness (QED) is 0.624. The lowest BCUT2D eigenvalue weighted by Gasteiger charge is -2.31. The smallest absolute Gasteiger partial charge is 0.242 e. The van der Waals surface area contributed by atoms with E-state index in [1.54, 1.807) is 31.4 Å². The predicted octanol–water partition coefficient (Wildman–Crippen LogP) is 0.719. The number of carbonyl (C=O) groups excluding carboxylic acids is 1. The summed E-state index contributed by atoms with van der Waals surface area (Å²) in [6.45, 7) is 2.90. The van der Waals surface area contributed by atoms with Crippen LogP contribution in [0.4, 0.5) is 0 Å². The number of primary amides is 1. The normalized spacial score (nSPS) is 14.1. The Kier molecular flexibility index (Phi) is 5.12. The number of hydrogen-bond donors (Lipinski definition) is 3. The standard InChI is InChI=1S/C13H20N2O3/c1-3-13(12(14)17,15-8-9-18-2)10-4-6-11(16)7-5-10/h4-7,15-16H,3,8-9H2,1-2H3,(H2,14,17). The summed E-state index contributed by atoms with van der Waals surface area (Å²) in [6, 6.07) is 6.48. The van der Waals surface area contributed by atoms with Crippen LogP contribution in [-0.4, -0.2) is 31.3 Å². The third kappa shape index (κ3) is 3.00. The molecule has 0 saturated heterocycles. The van der Waals surface area contributed by atoms with E-state index in [0.29, 0.717) is 19.6 Å². The summed E-state index contributed by atoms with van der Waals surface area (Å²) in [4.78, 5) is 11.8. The van der Waals surface area contributed by atoms with Crippen LogP contribution in [0, 0.1) is 0 Å². The second-order valence-electron chi connectivity index (χ2n) is 4.09. The van der Waals surface area contributed by atoms with Gasteiger partial charge in [0.1, 0.15) is 11.3 Å². The predicted molar refractivity (Wildman–Crippen MR) is 69.1 cm³/mol. The number of carbonyl (C=O) groups is 1. The van der Waals surface area contributed by atoms with Gasteiger partial charge in [-0.3, -0.25) is 10.1 Å². The number of benzene rings is 1. The number of methoxy groups -OCH3 is 1. The third-order valence-electron chi connectivity index (χ3n) is 3.04. The summed E-state index contributed by atoms with van der Waals surface area (Å²) in [7, 11) is 1.60. The zero-order chi connectivity index (χ0) is 13.6. The average Bonchev–Trinajstić information content (AvgIpc) is 2.36. The lowest BCUT2D eigenvalue weighted by molar-refractivity contribution is -0.125. The number of phenols is 1. The molecule has 0 saturated carbocycles. The highest BCUT2D eigenvalue weighted by Crippen LogP contribution is 2.26. The minimum atomic E-state index is -0.924. The topological polar surface area (TPSA) is 84.6 Å². The van der Waals surface area contributed by atoms with Crippen molar-refractivity contribution >= 4 is 5.91 Å². The largest absolute Gasteiger partial charge is 0.508 e. The van der Waals surface area contributed by atoms with E-state index in [9.17, 15) is 9.90 Å². The lowest BCUT2D eigenvalue weighted by atomic mass is 9.86. The monoisotopic (exact) mass is 252 g/mol. The summed E-state index contributed by atoms with van der Waals surface area (Å²) in [6.07, 6.45) is 0.525. The fourth-order valence-corrected chi connectivity index (χ4v) is 1.95. The van der Waals surface area contributed by atoms with Crippen molar-refractivity contribution in [2.75, 3.05) is 20.3 Å². The van der Waals surface area contributed by atoms with Crippen LogP contribution in [-0.2, 0) is 15.1 Å². The minimum absolute atomic E-state index is 0.158. The van der Waals surface area contributed by atoms with Crippen molar-refractivity contribution in [2.24, 2.45) is 5.73 Å². The van der Waals surface area contributed by atoms with Gasteiger partial charge in [0, 0.05) is 13.7 Å². The lowest BCUT2D eigenvalue weighted by Crippen LogP contribution is -2.53. The molecule has 0 bridgehead atoms. The maximum absolute atomic E-state index is 11.8. The first-order valence-corrected chi connectivity index (χ1v) is 5.90. The van der Waals surface area contributed by atoms with Crippen LogP contribution in [0.3, 0.4) is 0 Å². The van der Waals surface area contributed by atoms with Gasteiger partial charge in [0.05, 0.1) is 6.61 Å². The molecule has 1 rings (SSSR count). The summed E-state index contributed by atoms with van der Waals surface area (Å²) in [5.74, 6) is -0.281. The van der Waals surface area contributed by atoms with Crippen molar-refractivity contribution in [3.05, 3.63) is 29.8 Å². The number of ether oxygens (including phenoxy) is 1. The van der Waals surface area contributed by atoms with E-state index in [-0.39, 0.29) is 5.75 Å². The van der Waals surface area contributed by atoms with Gasteiger partial charge in [0.15, 0.2) is 0 Å². The zero-order valence-electron chi connectivity index (χ0n) is 10.8. The molecule has 1 unspecified atom stereocenters. The molecule has 0 spiro atoms. The van der Waals surface area contributed by atoms with Crippen LogP contribution in [0.2, 0.25) is 0 Å². The molecule has 0 radical (unpaired) electrons. The molecule has 4 N–H and O–H groups in total. The molecule has 18 heavy (non-hydrogen) atoms. The second kappa shape index (κ2) is 6.37. The van der Waals surface area contributed by atoms with Crippen molar-refractivity contribution in [2.45, 2.75) is 18.9 Å². The molecular weight excluding hydrogens is 232 g/mol. The fourth-order valence-electron chi connectivity index (χ4n) is 1.95. The Bertz CT molecular complexity index is 392. The van der Waals surface area contributed by atoms with Crippen LogP contribution < -0.4 is 11.1 Å². The van der Waals surface area contributed by atoms with E-state index in [2.05, 4.69) is 5.32 Å². The van der Waals surface area contributed by atoms with E-state index >= 15 is 0 Å². The maximum atomic E-state index is 11.8. The van der Waals surface area contributed by atoms with Gasteiger partial charge in [0.25, 0.3) is 0 Å². The van der Waals surface area contributed by atoms with Gasteiger partial charge in [-0.05, 0) is 24.1 Å². The number of nitrogens with one attached hydrogen (secondary N) is 1. The molecule has 0 aliphatic heterocycles. The Morgan fingerprint density at radius 3 is 2.50 bits per heavy atom. The first-order chi connectivity index (χ1) is 8.56. The Labute approximate surface area is 107 Å². The minimum Gasteiger partial charge on any atom is -0.508 e. The summed E-state index contributed by atoms with van der Waals surface area (Å²) >= 11 is 0. The molecule has 0 aromatic heterocycles. The SMILES string of the molecule is CCC(NCCOC)(C(N)=O)c1ccc(O)cc1. The van der Waals surface area contributed by atoms with Gasteiger partial charge >= 0.3 is 0 Å². The number of amides is 1. The fraction of sp³-hybridized carbons (Fsp3) is 0.462. The van der Waals surface area contributed by atoms with Gasteiger partial charge < -0.3 is 15.6 Å². The Balaban J connectivity index is 3.02. The molecule has 1 aromatic carbocycles. The summed E-state index contributed by atoms with van der Waals surface area (Å²) < 4.78 is 4.96. The molecule has 0 heterocycles. The Morgan fingerprint density at radius 2 is 2.06 bits per heavy atom. The zero-order valence-corrected chi connectivity index (χ0v) is 10.8. The first-order valence-electron chi connectivity index (χ1n) is 5.90. The van der Waals surface area contributed by atoms with Gasteiger partial charge in [-0.1, -0.05) is 19.1 Å². The van der Waals surface area contributed by atoms with Crippen LogP contribution in [0.15, 0.2) is 24.3 Å². The van der Waals surface area contributed by atoms with Crippen LogP contribution in [0.25, 0.3) is 0 Å². The Hall–Kier alpha value is -1.59. The highest BCUT2D eigenvalue weighted by molar-refractivity contribution is 5.86. The molecule has 0 fully saturated rings. The molecule has 1 aromatic rings. The molecule has 0 aliphatic carbocycles. The second-order valence-corrected chi connectivity index (χ2v) is 4.09. The molecule has 100 valence electrons. The van der Waals surface area contributed by atoms with Crippen molar-refractivity contribution in [1.82, 2.24) is 5.32 Å². The average molecular weight is 252 g/mol. The number of rotatable bonds is 7. The third-order valence-corrected chi connectivity index (χ3v) is 3.04. The Morgan fingerprint density at radius 1 is 1.44 bits per heavy atom. The van der Waals surface area contributed by atoms with Crippen molar-refractivity contribution in [1.29, 1.82) is 0 Å². The van der Waals surface area contributed by atoms with Gasteiger partial charge in [-0.15, -0.1) is 0 Å². The number of phenolic OH excluding ortho intramolecular Hbond substituents is 1. The summed E-state index contributed by atoms with van der Waals surface area (Å²) in [5.41, 5.74) is 5.35. The van der Waals surface area contributed by atoms with Crippen LogP contribution >= 0.6 is 0 Å². The summed E-state index contributed by atoms with van der Waals surface area (Å²) in [5, 5.41) is 12.4. The first kappa shape index (κ1) is 14.5. The van der Waals surface area contributed by atoms with E-state index in [1.807, 2.05) is 6.92 Å². The number of aromatic hydroxyl groups is 1. The van der Waals surface area contributed by atoms with Gasteiger partial charge in [-0.2, -0.15) is 0 Å². The highest BCUT2D eigenvalue weighted by Gasteiger charge is 2.35. The van der Waals surface area contributed by atoms with E-state index in [0.717, 1.165) is 5.56 Å². The van der Waals surface area contributed by atoms with E-state index in [1.165, 1.54) is 0 Å². The van der Waals surface area contributed by atoms with Crippen LogP contribution in [0.5, 0.6) is 5.75 Å². The molecule has 5 heteroatoms. The highest BCUT2D eigenvalue weighted by atomic mass is 16.5. The van der Waals surface area contributed by atoms with Crippen molar-refractivity contribution in [3.63, 3.8) is 0 Å².